The van der Waals surface area contributed by atoms with Crippen molar-refractivity contribution in [3.63, 3.8) is 0 Å². The lowest BCUT2D eigenvalue weighted by molar-refractivity contribution is -0.177. The van der Waals surface area contributed by atoms with E-state index in [1.54, 1.807) is 12.5 Å². The molecule has 0 saturated heterocycles. The Balaban J connectivity index is 1.89. The van der Waals surface area contributed by atoms with Crippen molar-refractivity contribution in [3.8, 4) is 0 Å². The van der Waals surface area contributed by atoms with Crippen molar-refractivity contribution in [2.45, 2.75) is 57.5 Å². The number of carbonyl (C=O) groups excluding carboxylic acids is 1. The van der Waals surface area contributed by atoms with Crippen LogP contribution in [0.5, 0.6) is 0 Å². The Labute approximate surface area is 97.1 Å². The molecule has 2 saturated carbocycles. The van der Waals surface area contributed by atoms with E-state index in [0.29, 0.717) is 11.8 Å². The minimum Gasteiger partial charge on any atom is -0.458 e. The maximum Gasteiger partial charge on any atom is 0.303 e. The van der Waals surface area contributed by atoms with Crippen LogP contribution in [0.4, 0.5) is 0 Å². The van der Waals surface area contributed by atoms with Crippen LogP contribution < -0.4 is 0 Å². The van der Waals surface area contributed by atoms with Crippen molar-refractivity contribution in [3.05, 3.63) is 11.6 Å². The van der Waals surface area contributed by atoms with Gasteiger partial charge >= 0.3 is 5.97 Å². The summed E-state index contributed by atoms with van der Waals surface area (Å²) >= 11 is 0. The molecule has 0 radical (unpaired) electrons. The van der Waals surface area contributed by atoms with Crippen molar-refractivity contribution in [2.24, 2.45) is 11.8 Å². The Morgan fingerprint density at radius 2 is 2.06 bits per heavy atom. The first kappa shape index (κ1) is 10.4. The SMILES string of the molecule is CC(=O)O[C@@]12CCC[C@H]1C1=CCCCC[C@@H]12. The van der Waals surface area contributed by atoms with Crippen LogP contribution in [0.2, 0.25) is 0 Å². The third-order valence-electron chi connectivity index (χ3n) is 4.71. The molecule has 0 bridgehead atoms. The zero-order chi connectivity index (χ0) is 11.2. The van der Waals surface area contributed by atoms with Gasteiger partial charge in [0.05, 0.1) is 0 Å². The summed E-state index contributed by atoms with van der Waals surface area (Å²) in [5, 5.41) is 0. The predicted octanol–water partition coefficient (Wildman–Crippen LogP) is 3.22. The van der Waals surface area contributed by atoms with Gasteiger partial charge in [0, 0.05) is 18.8 Å². The number of hydrogen-bond acceptors (Lipinski definition) is 2. The second kappa shape index (κ2) is 3.61. The van der Waals surface area contributed by atoms with E-state index in [1.807, 2.05) is 0 Å². The zero-order valence-corrected chi connectivity index (χ0v) is 10.00. The highest BCUT2D eigenvalue weighted by Crippen LogP contribution is 2.62. The Morgan fingerprint density at radius 3 is 2.81 bits per heavy atom. The van der Waals surface area contributed by atoms with Crippen LogP contribution in [-0.4, -0.2) is 11.6 Å². The maximum absolute atomic E-state index is 11.3. The second-order valence-electron chi connectivity index (χ2n) is 5.53. The normalized spacial score (nSPS) is 41.2. The molecule has 2 fully saturated rings. The minimum absolute atomic E-state index is 0.0813. The molecule has 2 nitrogen and oxygen atoms in total. The van der Waals surface area contributed by atoms with Gasteiger partial charge in [-0.25, -0.2) is 0 Å². The monoisotopic (exact) mass is 220 g/mol. The second-order valence-corrected chi connectivity index (χ2v) is 5.53. The van der Waals surface area contributed by atoms with Crippen molar-refractivity contribution >= 4 is 5.97 Å². The number of esters is 1. The van der Waals surface area contributed by atoms with Crippen LogP contribution in [0, 0.1) is 11.8 Å². The fraction of sp³-hybridized carbons (Fsp3) is 0.786. The summed E-state index contributed by atoms with van der Waals surface area (Å²) in [6.45, 7) is 1.56. The molecule has 3 rings (SSSR count). The van der Waals surface area contributed by atoms with Gasteiger partial charge in [-0.3, -0.25) is 4.79 Å². The molecule has 0 spiro atoms. The zero-order valence-electron chi connectivity index (χ0n) is 10.00. The third kappa shape index (κ3) is 1.28. The fourth-order valence-corrected chi connectivity index (χ4v) is 4.21. The van der Waals surface area contributed by atoms with Gasteiger partial charge in [-0.1, -0.05) is 18.1 Å². The van der Waals surface area contributed by atoms with Crippen molar-refractivity contribution in [1.82, 2.24) is 0 Å². The average molecular weight is 220 g/mol. The number of fused-ring (bicyclic) bond motifs is 4. The molecule has 0 amide bonds. The molecule has 0 heterocycles. The largest absolute Gasteiger partial charge is 0.458 e. The Morgan fingerprint density at radius 1 is 1.31 bits per heavy atom. The number of rotatable bonds is 1. The minimum atomic E-state index is -0.0878. The summed E-state index contributed by atoms with van der Waals surface area (Å²) < 4.78 is 5.74. The van der Waals surface area contributed by atoms with Crippen molar-refractivity contribution in [1.29, 1.82) is 0 Å². The lowest BCUT2D eigenvalue weighted by Gasteiger charge is -2.53. The van der Waals surface area contributed by atoms with Gasteiger partial charge in [0.2, 0.25) is 0 Å². The van der Waals surface area contributed by atoms with Crippen LogP contribution in [-0.2, 0) is 9.53 Å². The fourth-order valence-electron chi connectivity index (χ4n) is 4.21. The highest BCUT2D eigenvalue weighted by Gasteiger charge is 2.62. The van der Waals surface area contributed by atoms with Gasteiger partial charge < -0.3 is 4.74 Å². The summed E-state index contributed by atoms with van der Waals surface area (Å²) in [5.41, 5.74) is 1.54. The van der Waals surface area contributed by atoms with Crippen LogP contribution in [0.1, 0.15) is 51.9 Å². The molecule has 3 aliphatic rings. The Hall–Kier alpha value is -0.790. The van der Waals surface area contributed by atoms with Crippen LogP contribution >= 0.6 is 0 Å². The molecule has 2 heteroatoms. The molecule has 88 valence electrons. The van der Waals surface area contributed by atoms with E-state index in [4.69, 9.17) is 4.74 Å². The quantitative estimate of drug-likeness (QED) is 0.501. The van der Waals surface area contributed by atoms with Crippen molar-refractivity contribution < 1.29 is 9.53 Å². The van der Waals surface area contributed by atoms with Gasteiger partial charge in [0.15, 0.2) is 0 Å². The lowest BCUT2D eigenvalue weighted by Crippen LogP contribution is -2.56. The van der Waals surface area contributed by atoms with Crippen molar-refractivity contribution in [2.75, 3.05) is 0 Å². The average Bonchev–Trinajstić information content (AvgIpc) is 2.47. The molecule has 0 N–H and O–H groups in total. The predicted molar refractivity (Wildman–Crippen MR) is 61.9 cm³/mol. The van der Waals surface area contributed by atoms with Crippen LogP contribution in [0.15, 0.2) is 11.6 Å². The lowest BCUT2D eigenvalue weighted by atomic mass is 9.57. The molecule has 0 aromatic carbocycles. The highest BCUT2D eigenvalue weighted by molar-refractivity contribution is 5.67. The molecule has 3 aliphatic carbocycles. The summed E-state index contributed by atoms with van der Waals surface area (Å²) in [7, 11) is 0. The molecule has 0 unspecified atom stereocenters. The molecule has 3 atom stereocenters. The molecule has 0 aromatic heterocycles. The van der Waals surface area contributed by atoms with Gasteiger partial charge in [-0.2, -0.15) is 0 Å². The molecule has 0 aromatic rings. The first-order valence-electron chi connectivity index (χ1n) is 6.63. The third-order valence-corrected chi connectivity index (χ3v) is 4.71. The van der Waals surface area contributed by atoms with E-state index >= 15 is 0 Å². The van der Waals surface area contributed by atoms with E-state index in [9.17, 15) is 4.79 Å². The summed E-state index contributed by atoms with van der Waals surface area (Å²) in [4.78, 5) is 11.3. The first-order chi connectivity index (χ1) is 7.74. The topological polar surface area (TPSA) is 26.3 Å². The van der Waals surface area contributed by atoms with Gasteiger partial charge in [-0.05, 0) is 38.5 Å². The van der Waals surface area contributed by atoms with Gasteiger partial charge in [0.1, 0.15) is 5.60 Å². The molecule has 16 heavy (non-hydrogen) atoms. The summed E-state index contributed by atoms with van der Waals surface area (Å²) in [6.07, 6.45) is 11.1. The molecular weight excluding hydrogens is 200 g/mol. The Kier molecular flexibility index (Phi) is 2.34. The van der Waals surface area contributed by atoms with E-state index in [1.165, 1.54) is 38.5 Å². The highest BCUT2D eigenvalue weighted by atomic mass is 16.6. The molecule has 0 aliphatic heterocycles. The Bertz CT molecular complexity index is 345. The van der Waals surface area contributed by atoms with Gasteiger partial charge in [0.25, 0.3) is 0 Å². The number of hydrogen-bond donors (Lipinski definition) is 0. The van der Waals surface area contributed by atoms with Gasteiger partial charge in [-0.15, -0.1) is 0 Å². The first-order valence-corrected chi connectivity index (χ1v) is 6.63. The number of ether oxygens (including phenoxy) is 1. The number of allylic oxidation sites excluding steroid dienone is 1. The van der Waals surface area contributed by atoms with E-state index in [0.717, 1.165) is 6.42 Å². The standard InChI is InChI=1S/C14H20O2/c1-10(15)16-14-9-5-8-13(14)11-6-3-2-4-7-12(11)14/h6,12-13H,2-5,7-9H2,1H3/t12-,13-,14+/m0/s1. The van der Waals surface area contributed by atoms with E-state index in [-0.39, 0.29) is 11.6 Å². The summed E-state index contributed by atoms with van der Waals surface area (Å²) in [5.74, 6) is 1.04. The summed E-state index contributed by atoms with van der Waals surface area (Å²) in [6, 6.07) is 0. The smallest absolute Gasteiger partial charge is 0.303 e. The maximum atomic E-state index is 11.3. The van der Waals surface area contributed by atoms with E-state index in [2.05, 4.69) is 6.08 Å². The van der Waals surface area contributed by atoms with Crippen LogP contribution in [0.25, 0.3) is 0 Å². The number of carbonyl (C=O) groups is 1. The van der Waals surface area contributed by atoms with Crippen LogP contribution in [0.3, 0.4) is 0 Å². The van der Waals surface area contributed by atoms with E-state index < -0.39 is 0 Å². The molecular formula is C14H20O2.